The number of amides is 2. The van der Waals surface area contributed by atoms with Crippen LogP contribution >= 0.6 is 11.3 Å². The Morgan fingerprint density at radius 3 is 2.48 bits per heavy atom. The van der Waals surface area contributed by atoms with E-state index in [1.165, 1.54) is 11.3 Å². The molecule has 27 heavy (non-hydrogen) atoms. The summed E-state index contributed by atoms with van der Waals surface area (Å²) in [4.78, 5) is 29.4. The lowest BCUT2D eigenvalue weighted by Crippen LogP contribution is -2.39. The number of ether oxygens (including phenoxy) is 1. The van der Waals surface area contributed by atoms with Gasteiger partial charge < -0.3 is 15.4 Å². The number of anilines is 1. The van der Waals surface area contributed by atoms with E-state index in [0.29, 0.717) is 16.1 Å². The van der Waals surface area contributed by atoms with Crippen molar-refractivity contribution in [3.63, 3.8) is 0 Å². The highest BCUT2D eigenvalue weighted by atomic mass is 32.1. The molecule has 2 heterocycles. The fraction of sp³-hybridized carbons (Fsp3) is 0.450. The second-order valence-corrected chi connectivity index (χ2v) is 7.90. The van der Waals surface area contributed by atoms with Crippen LogP contribution in [0.1, 0.15) is 59.6 Å². The first kappa shape index (κ1) is 19.5. The summed E-state index contributed by atoms with van der Waals surface area (Å²) in [6, 6.07) is 5.18. The van der Waals surface area contributed by atoms with E-state index < -0.39 is 0 Å². The molecule has 2 aromatic rings. The average Bonchev–Trinajstić information content (AvgIpc) is 3.12. The molecule has 1 fully saturated rings. The minimum Gasteiger partial charge on any atom is -0.376 e. The molecule has 7 heteroatoms. The number of nitrogens with one attached hydrogen (secondary N) is 2. The van der Waals surface area contributed by atoms with Crippen molar-refractivity contribution in [3.05, 3.63) is 46.4 Å². The molecule has 0 saturated heterocycles. The summed E-state index contributed by atoms with van der Waals surface area (Å²) in [7, 11) is 0. The van der Waals surface area contributed by atoms with Crippen LogP contribution < -0.4 is 10.6 Å². The minimum atomic E-state index is -0.254. The van der Waals surface area contributed by atoms with E-state index in [1.807, 2.05) is 19.2 Å². The van der Waals surface area contributed by atoms with Gasteiger partial charge in [0.05, 0.1) is 17.9 Å². The molecule has 0 unspecified atom stereocenters. The Morgan fingerprint density at radius 1 is 1.11 bits per heavy atom. The van der Waals surface area contributed by atoms with Gasteiger partial charge in [0.2, 0.25) is 0 Å². The third-order valence-electron chi connectivity index (χ3n) is 4.54. The molecular formula is C20H25N3O3S. The maximum atomic E-state index is 12.7. The first-order valence-electron chi connectivity index (χ1n) is 9.28. The van der Waals surface area contributed by atoms with Crippen molar-refractivity contribution in [2.24, 2.45) is 0 Å². The van der Waals surface area contributed by atoms with Crippen molar-refractivity contribution < 1.29 is 14.3 Å². The van der Waals surface area contributed by atoms with Crippen LogP contribution in [-0.4, -0.2) is 35.0 Å². The van der Waals surface area contributed by atoms with Gasteiger partial charge in [-0.3, -0.25) is 14.6 Å². The van der Waals surface area contributed by atoms with Gasteiger partial charge in [-0.2, -0.15) is 0 Å². The molecule has 2 aromatic heterocycles. The van der Waals surface area contributed by atoms with Gasteiger partial charge in [0.15, 0.2) is 0 Å². The predicted octanol–water partition coefficient (Wildman–Crippen LogP) is 3.86. The molecule has 6 nitrogen and oxygen atoms in total. The number of pyridine rings is 1. The minimum absolute atomic E-state index is 0.136. The van der Waals surface area contributed by atoms with Gasteiger partial charge in [0.25, 0.3) is 11.8 Å². The van der Waals surface area contributed by atoms with Crippen LogP contribution in [0.3, 0.4) is 0 Å². The molecule has 1 aliphatic rings. The Hall–Kier alpha value is -2.25. The number of hydrogen-bond donors (Lipinski definition) is 2. The smallest absolute Gasteiger partial charge is 0.263 e. The second kappa shape index (κ2) is 9.10. The van der Waals surface area contributed by atoms with Crippen LogP contribution in [0.25, 0.3) is 0 Å². The molecule has 0 atom stereocenters. The SMILES string of the molecule is CC(C)OC1CCC(NC(=O)c2sccc2NC(=O)c2ccncc2)CC1. The molecule has 0 radical (unpaired) electrons. The second-order valence-electron chi connectivity index (χ2n) is 6.99. The highest BCUT2D eigenvalue weighted by molar-refractivity contribution is 7.12. The van der Waals surface area contributed by atoms with Crippen LogP contribution in [0.15, 0.2) is 36.0 Å². The van der Waals surface area contributed by atoms with E-state index in [9.17, 15) is 9.59 Å². The van der Waals surface area contributed by atoms with E-state index in [4.69, 9.17) is 4.74 Å². The number of carbonyl (C=O) groups excluding carboxylic acids is 2. The van der Waals surface area contributed by atoms with Crippen LogP contribution in [-0.2, 0) is 4.74 Å². The van der Waals surface area contributed by atoms with Crippen LogP contribution in [0.2, 0.25) is 0 Å². The lowest BCUT2D eigenvalue weighted by molar-refractivity contribution is -0.0159. The monoisotopic (exact) mass is 387 g/mol. The Morgan fingerprint density at radius 2 is 1.81 bits per heavy atom. The summed E-state index contributed by atoms with van der Waals surface area (Å²) >= 11 is 1.33. The lowest BCUT2D eigenvalue weighted by atomic mass is 9.92. The molecule has 1 saturated carbocycles. The van der Waals surface area contributed by atoms with Crippen molar-refractivity contribution in [1.29, 1.82) is 0 Å². The van der Waals surface area contributed by atoms with E-state index in [2.05, 4.69) is 15.6 Å². The number of hydrogen-bond acceptors (Lipinski definition) is 5. The van der Waals surface area contributed by atoms with Gasteiger partial charge >= 0.3 is 0 Å². The normalized spacial score (nSPS) is 19.7. The maximum absolute atomic E-state index is 12.7. The van der Waals surface area contributed by atoms with E-state index in [-0.39, 0.29) is 30.1 Å². The van der Waals surface area contributed by atoms with Crippen molar-refractivity contribution in [1.82, 2.24) is 10.3 Å². The number of rotatable bonds is 6. The Balaban J connectivity index is 1.56. The van der Waals surface area contributed by atoms with E-state index in [1.54, 1.807) is 30.6 Å². The molecule has 1 aliphatic carbocycles. The Bertz CT molecular complexity index is 768. The summed E-state index contributed by atoms with van der Waals surface area (Å²) in [5, 5.41) is 7.73. The number of aromatic nitrogens is 1. The average molecular weight is 388 g/mol. The fourth-order valence-corrected chi connectivity index (χ4v) is 4.01. The molecule has 3 rings (SSSR count). The fourth-order valence-electron chi connectivity index (χ4n) is 3.26. The molecule has 0 aliphatic heterocycles. The third-order valence-corrected chi connectivity index (χ3v) is 5.45. The molecule has 0 spiro atoms. The van der Waals surface area contributed by atoms with E-state index in [0.717, 1.165) is 25.7 Å². The zero-order valence-corrected chi connectivity index (χ0v) is 16.4. The lowest BCUT2D eigenvalue weighted by Gasteiger charge is -2.30. The molecule has 0 aromatic carbocycles. The highest BCUT2D eigenvalue weighted by Crippen LogP contribution is 2.26. The summed E-state index contributed by atoms with van der Waals surface area (Å²) < 4.78 is 5.86. The van der Waals surface area contributed by atoms with Crippen molar-refractivity contribution in [3.8, 4) is 0 Å². The molecule has 2 amide bonds. The zero-order chi connectivity index (χ0) is 19.2. The predicted molar refractivity (Wildman–Crippen MR) is 106 cm³/mol. The van der Waals surface area contributed by atoms with Crippen LogP contribution in [0.4, 0.5) is 5.69 Å². The highest BCUT2D eigenvalue weighted by Gasteiger charge is 2.25. The van der Waals surface area contributed by atoms with Gasteiger partial charge in [-0.15, -0.1) is 11.3 Å². The topological polar surface area (TPSA) is 80.3 Å². The largest absolute Gasteiger partial charge is 0.376 e. The molecule has 144 valence electrons. The first-order valence-corrected chi connectivity index (χ1v) is 10.2. The van der Waals surface area contributed by atoms with Gasteiger partial charge in [0.1, 0.15) is 4.88 Å². The quantitative estimate of drug-likeness (QED) is 0.789. The van der Waals surface area contributed by atoms with Crippen molar-refractivity contribution in [2.75, 3.05) is 5.32 Å². The van der Waals surface area contributed by atoms with Gasteiger partial charge in [0, 0.05) is 24.0 Å². The third kappa shape index (κ3) is 5.37. The van der Waals surface area contributed by atoms with Crippen molar-refractivity contribution in [2.45, 2.75) is 57.8 Å². The van der Waals surface area contributed by atoms with E-state index >= 15 is 0 Å². The zero-order valence-electron chi connectivity index (χ0n) is 15.6. The maximum Gasteiger partial charge on any atom is 0.263 e. The first-order chi connectivity index (χ1) is 13.0. The summed E-state index contributed by atoms with van der Waals surface area (Å²) in [6.45, 7) is 4.10. The standard InChI is InChI=1S/C20H25N3O3S/c1-13(2)26-16-5-3-15(4-6-16)22-20(25)18-17(9-12-27-18)23-19(24)14-7-10-21-11-8-14/h7-13,15-16H,3-6H2,1-2H3,(H,22,25)(H,23,24). The Labute approximate surface area is 163 Å². The number of nitrogens with zero attached hydrogens (tertiary/aromatic N) is 1. The number of thiophene rings is 1. The summed E-state index contributed by atoms with van der Waals surface area (Å²) in [5.41, 5.74) is 1.04. The van der Waals surface area contributed by atoms with Crippen LogP contribution in [0, 0.1) is 0 Å². The molecule has 0 bridgehead atoms. The van der Waals surface area contributed by atoms with Gasteiger partial charge in [-0.05, 0) is 63.1 Å². The molecule has 2 N–H and O–H groups in total. The van der Waals surface area contributed by atoms with Gasteiger partial charge in [-0.1, -0.05) is 0 Å². The van der Waals surface area contributed by atoms with Gasteiger partial charge in [-0.25, -0.2) is 0 Å². The Kier molecular flexibility index (Phi) is 6.58. The number of carbonyl (C=O) groups is 2. The summed E-state index contributed by atoms with van der Waals surface area (Å²) in [6.07, 6.45) is 7.39. The molecular weight excluding hydrogens is 362 g/mol. The van der Waals surface area contributed by atoms with Crippen LogP contribution in [0.5, 0.6) is 0 Å². The van der Waals surface area contributed by atoms with Crippen molar-refractivity contribution >= 4 is 28.8 Å². The summed E-state index contributed by atoms with van der Waals surface area (Å²) in [5.74, 6) is -0.389.